The fourth-order valence-electron chi connectivity index (χ4n) is 5.73. The number of anilines is 3. The minimum Gasteiger partial charge on any atom is -0.753 e. The first-order valence-corrected chi connectivity index (χ1v) is 18.5. The SMILES string of the molecule is CC(C)(C)c1ccc2c(c1)Oc1ccccc1N2c1ccc(/C([NH-])=C/C(=N)C(F)(F)F)nc1.O=COc1ccnc(-c2cc(OC=O)cc(-c3cc(OC=O)ccn3)n2)c1.[N-]=C=S.[Ru+2]. The predicted octanol–water partition coefficient (Wildman–Crippen LogP) is 10.4. The summed E-state index contributed by atoms with van der Waals surface area (Å²) in [5.74, 6) is 2.11. The summed E-state index contributed by atoms with van der Waals surface area (Å²) >= 11 is 3.70. The molecule has 7 rings (SSSR count). The third-order valence-electron chi connectivity index (χ3n) is 8.61. The molecule has 0 unspecified atom stereocenters. The van der Waals surface area contributed by atoms with Crippen LogP contribution >= 0.6 is 12.2 Å². The van der Waals surface area contributed by atoms with E-state index < -0.39 is 17.6 Å². The number of rotatable bonds is 11. The Morgan fingerprint density at radius 3 is 1.81 bits per heavy atom. The maximum atomic E-state index is 12.6. The molecule has 5 heterocycles. The second-order valence-electron chi connectivity index (χ2n) is 13.8. The number of nitrogens with one attached hydrogen (secondary N) is 2. The average Bonchev–Trinajstić information content (AvgIpc) is 3.26. The number of alkyl halides is 3. The molecule has 0 aliphatic carbocycles. The van der Waals surface area contributed by atoms with Gasteiger partial charge in [-0.05, 0) is 65.6 Å². The molecule has 2 aromatic carbocycles. The Hall–Kier alpha value is -7.53. The zero-order chi connectivity index (χ0) is 45.7. The van der Waals surface area contributed by atoms with E-state index in [1.165, 1.54) is 66.2 Å². The summed E-state index contributed by atoms with van der Waals surface area (Å²) in [6.07, 6.45) is 0.0341. The third kappa shape index (κ3) is 12.5. The van der Waals surface area contributed by atoms with Crippen LogP contribution in [0.4, 0.5) is 30.2 Å². The van der Waals surface area contributed by atoms with Crippen LogP contribution in [-0.4, -0.2) is 56.4 Å². The summed E-state index contributed by atoms with van der Waals surface area (Å²) in [7, 11) is 0. The van der Waals surface area contributed by atoms with Crippen LogP contribution in [0.2, 0.25) is 0 Å². The Morgan fingerprint density at radius 2 is 1.30 bits per heavy atom. The number of carbonyl (C=O) groups excluding carboxylic acids is 3. The molecule has 20 heteroatoms. The van der Waals surface area contributed by atoms with Gasteiger partial charge in [0, 0.05) is 42.4 Å². The van der Waals surface area contributed by atoms with E-state index in [0.717, 1.165) is 16.9 Å². The van der Waals surface area contributed by atoms with Gasteiger partial charge in [0.1, 0.15) is 23.0 Å². The summed E-state index contributed by atoms with van der Waals surface area (Å²) in [6, 6.07) is 25.7. The van der Waals surface area contributed by atoms with Gasteiger partial charge in [-0.3, -0.25) is 34.7 Å². The first kappa shape index (κ1) is 49.1. The summed E-state index contributed by atoms with van der Waals surface area (Å²) in [5, 5.41) is 15.5. The van der Waals surface area contributed by atoms with Crippen LogP contribution in [0.1, 0.15) is 32.0 Å². The van der Waals surface area contributed by atoms with Crippen molar-refractivity contribution in [3.63, 3.8) is 0 Å². The molecular formula is C44H33F3N8O7RuS. The van der Waals surface area contributed by atoms with Gasteiger partial charge >= 0.3 is 25.7 Å². The minimum absolute atomic E-state index is 0. The number of nitrogens with zero attached hydrogens (tertiary/aromatic N) is 6. The summed E-state index contributed by atoms with van der Waals surface area (Å²) in [6.45, 7) is 7.24. The quantitative estimate of drug-likeness (QED) is 0.0554. The van der Waals surface area contributed by atoms with E-state index in [2.05, 4.69) is 52.9 Å². The molecule has 2 N–H and O–H groups in total. The van der Waals surface area contributed by atoms with E-state index in [4.69, 9.17) is 35.5 Å². The first-order valence-electron chi connectivity index (χ1n) is 18.1. The fourth-order valence-corrected chi connectivity index (χ4v) is 5.73. The Balaban J connectivity index is 0.000000265. The number of fused-ring (bicyclic) bond motifs is 2. The summed E-state index contributed by atoms with van der Waals surface area (Å²) in [4.78, 5) is 50.8. The van der Waals surface area contributed by atoms with Crippen LogP contribution in [0.5, 0.6) is 28.7 Å². The Morgan fingerprint density at radius 1 is 0.766 bits per heavy atom. The predicted molar refractivity (Wildman–Crippen MR) is 231 cm³/mol. The van der Waals surface area contributed by atoms with Crippen LogP contribution in [-0.2, 0) is 39.3 Å². The van der Waals surface area contributed by atoms with Crippen LogP contribution in [0, 0.1) is 5.41 Å². The van der Waals surface area contributed by atoms with E-state index >= 15 is 0 Å². The first-order chi connectivity index (χ1) is 30.1. The molecule has 326 valence electrons. The van der Waals surface area contributed by atoms with E-state index in [1.807, 2.05) is 47.4 Å². The topological polar surface area (TPSA) is 213 Å². The van der Waals surface area contributed by atoms with Crippen molar-refractivity contribution in [2.45, 2.75) is 32.4 Å². The minimum atomic E-state index is -4.81. The van der Waals surface area contributed by atoms with E-state index in [0.29, 0.717) is 59.0 Å². The van der Waals surface area contributed by atoms with Gasteiger partial charge < -0.3 is 35.0 Å². The van der Waals surface area contributed by atoms with Crippen molar-refractivity contribution in [3.05, 3.63) is 138 Å². The monoisotopic (exact) mass is 976 g/mol. The molecule has 0 radical (unpaired) electrons. The Labute approximate surface area is 381 Å². The number of isothiocyanates is 1. The molecule has 6 aromatic rings. The van der Waals surface area contributed by atoms with Crippen molar-refractivity contribution in [3.8, 4) is 51.5 Å². The number of aromatic nitrogens is 4. The maximum absolute atomic E-state index is 12.6. The van der Waals surface area contributed by atoms with Gasteiger partial charge in [-0.1, -0.05) is 51.2 Å². The number of carbonyl (C=O) groups is 3. The number of para-hydroxylation sites is 2. The van der Waals surface area contributed by atoms with Crippen molar-refractivity contribution in [1.29, 1.82) is 5.41 Å². The molecule has 1 aliphatic rings. The molecule has 0 fully saturated rings. The summed E-state index contributed by atoms with van der Waals surface area (Å²) < 4.78 is 58.6. The van der Waals surface area contributed by atoms with E-state index in [-0.39, 0.29) is 54.3 Å². The van der Waals surface area contributed by atoms with Gasteiger partial charge in [-0.15, -0.1) is 5.70 Å². The molecule has 0 saturated heterocycles. The molecule has 1 aliphatic heterocycles. The van der Waals surface area contributed by atoms with Gasteiger partial charge in [0.2, 0.25) is 0 Å². The van der Waals surface area contributed by atoms with Crippen LogP contribution in [0.3, 0.4) is 0 Å². The molecule has 0 saturated carbocycles. The van der Waals surface area contributed by atoms with Gasteiger partial charge in [0.15, 0.2) is 11.5 Å². The summed E-state index contributed by atoms with van der Waals surface area (Å²) in [5.41, 5.74) is 10.6. The standard InChI is InChI=1S/C25H22F3N4O.C18H11N3O6.CNS.Ru/c1-24(2,3)15-8-11-20-22(12-15)33-21-7-5-4-6-19(21)32(20)16-9-10-18(31-14-16)17(29)13-23(30)25(26,27)28;22-9-25-12-1-3-19-15(5-12)17-7-14(27-11-24)8-18(21-17)16-6-13(26-10-23)2-4-20-16;2-1-3;/h4-14,29-30H,1-3H3;1-11H;;/q-1;;-1;+2/b17-13-,30-23?;;;. The van der Waals surface area contributed by atoms with Crippen molar-refractivity contribution in [1.82, 2.24) is 19.9 Å². The molecule has 4 aromatic heterocycles. The zero-order valence-electron chi connectivity index (χ0n) is 33.6. The van der Waals surface area contributed by atoms with Crippen LogP contribution in [0.15, 0.2) is 116 Å². The van der Waals surface area contributed by atoms with Crippen LogP contribution < -0.4 is 23.8 Å². The molecule has 0 atom stereocenters. The number of allylic oxidation sites excluding steroid dienone is 1. The third-order valence-corrected chi connectivity index (χ3v) is 8.61. The smallest absolute Gasteiger partial charge is 0.753 e. The van der Waals surface area contributed by atoms with Gasteiger partial charge in [-0.25, -0.2) is 4.98 Å². The van der Waals surface area contributed by atoms with Crippen molar-refractivity contribution in [2.24, 2.45) is 0 Å². The number of thiocarbonyl (C=S) groups is 1. The van der Waals surface area contributed by atoms with Gasteiger partial charge in [-0.2, -0.15) is 18.3 Å². The van der Waals surface area contributed by atoms with Gasteiger partial charge in [0.05, 0.1) is 46.0 Å². The number of hydrogen-bond donors (Lipinski definition) is 1. The average molecular weight is 976 g/mol. The molecular weight excluding hydrogens is 943 g/mol. The molecule has 15 nitrogen and oxygen atoms in total. The van der Waals surface area contributed by atoms with Crippen molar-refractivity contribution < 1.29 is 66.0 Å². The number of benzene rings is 2. The largest absolute Gasteiger partial charge is 2.00 e. The molecule has 0 bridgehead atoms. The Bertz CT molecular complexity index is 2640. The normalized spacial score (nSPS) is 11.4. The van der Waals surface area contributed by atoms with Crippen LogP contribution in [0.25, 0.3) is 39.6 Å². The van der Waals surface area contributed by atoms with E-state index in [9.17, 15) is 27.6 Å². The fraction of sp³-hybridized carbons (Fsp3) is 0.114. The van der Waals surface area contributed by atoms with Gasteiger partial charge in [0.25, 0.3) is 19.4 Å². The second-order valence-corrected chi connectivity index (χ2v) is 14.0. The number of ether oxygens (including phenoxy) is 4. The number of pyridine rings is 4. The Kier molecular flexibility index (Phi) is 16.9. The van der Waals surface area contributed by atoms with E-state index in [1.54, 1.807) is 6.07 Å². The molecule has 0 amide bonds. The van der Waals surface area contributed by atoms with Crippen molar-refractivity contribution >= 4 is 65.3 Å². The molecule has 0 spiro atoms. The molecule has 64 heavy (non-hydrogen) atoms. The van der Waals surface area contributed by atoms with Crippen molar-refractivity contribution in [2.75, 3.05) is 4.90 Å². The maximum Gasteiger partial charge on any atom is 2.00 e. The number of hydrogen-bond acceptors (Lipinski definition) is 14. The number of halogens is 3. The zero-order valence-corrected chi connectivity index (χ0v) is 36.2. The second kappa shape index (κ2) is 22.0.